The summed E-state index contributed by atoms with van der Waals surface area (Å²) in [5, 5.41) is 0. The third kappa shape index (κ3) is 4.37. The molecule has 0 amide bonds. The molecule has 1 unspecified atom stereocenters. The van der Waals surface area contributed by atoms with Crippen molar-refractivity contribution in [2.45, 2.75) is 58.5 Å². The van der Waals surface area contributed by atoms with Crippen LogP contribution in [0.4, 0.5) is 0 Å². The highest BCUT2D eigenvalue weighted by molar-refractivity contribution is 5.38. The van der Waals surface area contributed by atoms with Gasteiger partial charge in [0.1, 0.15) is 5.60 Å². The van der Waals surface area contributed by atoms with Crippen molar-refractivity contribution < 1.29 is 9.53 Å². The molecule has 0 aliphatic rings. The second-order valence-corrected chi connectivity index (χ2v) is 3.52. The molecular weight excluding hydrogens is 152 g/mol. The predicted molar refractivity (Wildman–Crippen MR) is 50.0 cm³/mol. The minimum Gasteiger partial charge on any atom is -0.462 e. The molecule has 0 aliphatic carbocycles. The van der Waals surface area contributed by atoms with Gasteiger partial charge in [0.15, 0.2) is 0 Å². The van der Waals surface area contributed by atoms with Gasteiger partial charge < -0.3 is 4.74 Å². The van der Waals surface area contributed by atoms with Crippen LogP contribution in [0.15, 0.2) is 0 Å². The summed E-state index contributed by atoms with van der Waals surface area (Å²) >= 11 is 0. The van der Waals surface area contributed by atoms with Crippen LogP contribution in [-0.2, 0) is 9.53 Å². The van der Waals surface area contributed by atoms with Gasteiger partial charge in [0, 0.05) is 0 Å². The van der Waals surface area contributed by atoms with Crippen LogP contribution >= 0.6 is 0 Å². The maximum Gasteiger partial charge on any atom is 0.293 e. The van der Waals surface area contributed by atoms with Gasteiger partial charge in [-0.1, -0.05) is 26.7 Å². The number of rotatable bonds is 7. The lowest BCUT2D eigenvalue weighted by Crippen LogP contribution is -2.27. The SMILES string of the molecule is CCCCC(C)(CCC)OC=O. The van der Waals surface area contributed by atoms with Crippen molar-refractivity contribution >= 4 is 6.47 Å². The van der Waals surface area contributed by atoms with Crippen LogP contribution in [0.5, 0.6) is 0 Å². The van der Waals surface area contributed by atoms with E-state index in [0.717, 1.165) is 32.1 Å². The summed E-state index contributed by atoms with van der Waals surface area (Å²) in [5.74, 6) is 0. The molecule has 2 nitrogen and oxygen atoms in total. The molecule has 0 fully saturated rings. The zero-order valence-electron chi connectivity index (χ0n) is 8.43. The number of hydrogen-bond acceptors (Lipinski definition) is 2. The van der Waals surface area contributed by atoms with Crippen LogP contribution in [0, 0.1) is 0 Å². The molecule has 0 spiro atoms. The first-order chi connectivity index (χ1) is 5.68. The maximum atomic E-state index is 10.2. The minimum absolute atomic E-state index is 0.216. The Hall–Kier alpha value is -0.530. The lowest BCUT2D eigenvalue weighted by Gasteiger charge is -2.27. The van der Waals surface area contributed by atoms with Gasteiger partial charge in [-0.25, -0.2) is 0 Å². The third-order valence-electron chi connectivity index (χ3n) is 2.17. The highest BCUT2D eigenvalue weighted by Gasteiger charge is 2.23. The Morgan fingerprint density at radius 2 is 1.92 bits per heavy atom. The molecule has 0 radical (unpaired) electrons. The molecule has 2 heteroatoms. The summed E-state index contributed by atoms with van der Waals surface area (Å²) in [4.78, 5) is 10.2. The fraction of sp³-hybridized carbons (Fsp3) is 0.900. The van der Waals surface area contributed by atoms with E-state index in [1.807, 2.05) is 6.92 Å². The number of carbonyl (C=O) groups is 1. The Kier molecular flexibility index (Phi) is 5.77. The first kappa shape index (κ1) is 11.5. The smallest absolute Gasteiger partial charge is 0.293 e. The summed E-state index contributed by atoms with van der Waals surface area (Å²) in [6, 6.07) is 0. The molecule has 0 aromatic rings. The Balaban J connectivity index is 3.88. The van der Waals surface area contributed by atoms with E-state index < -0.39 is 0 Å². The molecule has 0 aliphatic heterocycles. The average molecular weight is 172 g/mol. The van der Waals surface area contributed by atoms with Crippen LogP contribution in [0.3, 0.4) is 0 Å². The van der Waals surface area contributed by atoms with Gasteiger partial charge in [0.2, 0.25) is 0 Å². The zero-order valence-corrected chi connectivity index (χ0v) is 8.43. The van der Waals surface area contributed by atoms with Gasteiger partial charge in [-0.2, -0.15) is 0 Å². The monoisotopic (exact) mass is 172 g/mol. The molecule has 0 saturated carbocycles. The summed E-state index contributed by atoms with van der Waals surface area (Å²) < 4.78 is 5.09. The average Bonchev–Trinajstić information content (AvgIpc) is 2.02. The van der Waals surface area contributed by atoms with Gasteiger partial charge in [-0.3, -0.25) is 4.79 Å². The molecule has 0 N–H and O–H groups in total. The van der Waals surface area contributed by atoms with Gasteiger partial charge in [0.25, 0.3) is 6.47 Å². The van der Waals surface area contributed by atoms with Crippen molar-refractivity contribution in [3.05, 3.63) is 0 Å². The first-order valence-corrected chi connectivity index (χ1v) is 4.80. The number of unbranched alkanes of at least 4 members (excludes halogenated alkanes) is 1. The first-order valence-electron chi connectivity index (χ1n) is 4.80. The quantitative estimate of drug-likeness (QED) is 0.552. The van der Waals surface area contributed by atoms with Crippen molar-refractivity contribution in [3.8, 4) is 0 Å². The van der Waals surface area contributed by atoms with E-state index in [2.05, 4.69) is 13.8 Å². The highest BCUT2D eigenvalue weighted by Crippen LogP contribution is 2.23. The second kappa shape index (κ2) is 6.04. The van der Waals surface area contributed by atoms with Crippen LogP contribution in [0.1, 0.15) is 52.9 Å². The maximum absolute atomic E-state index is 10.2. The van der Waals surface area contributed by atoms with E-state index in [4.69, 9.17) is 4.74 Å². The minimum atomic E-state index is -0.216. The van der Waals surface area contributed by atoms with Gasteiger partial charge >= 0.3 is 0 Å². The van der Waals surface area contributed by atoms with Crippen molar-refractivity contribution in [2.24, 2.45) is 0 Å². The van der Waals surface area contributed by atoms with E-state index in [0.29, 0.717) is 6.47 Å². The summed E-state index contributed by atoms with van der Waals surface area (Å²) in [6.45, 7) is 6.84. The lowest BCUT2D eigenvalue weighted by molar-refractivity contribution is -0.143. The summed E-state index contributed by atoms with van der Waals surface area (Å²) in [5.41, 5.74) is -0.216. The van der Waals surface area contributed by atoms with Crippen LogP contribution in [-0.4, -0.2) is 12.1 Å². The van der Waals surface area contributed by atoms with Crippen LogP contribution in [0.25, 0.3) is 0 Å². The van der Waals surface area contributed by atoms with E-state index in [1.165, 1.54) is 0 Å². The predicted octanol–water partition coefficient (Wildman–Crippen LogP) is 2.91. The molecular formula is C10H20O2. The van der Waals surface area contributed by atoms with Gasteiger partial charge in [-0.05, 0) is 26.2 Å². The number of hydrogen-bond donors (Lipinski definition) is 0. The Labute approximate surface area is 75.3 Å². The van der Waals surface area contributed by atoms with E-state index in [9.17, 15) is 4.79 Å². The van der Waals surface area contributed by atoms with Crippen molar-refractivity contribution in [1.29, 1.82) is 0 Å². The molecule has 0 rings (SSSR count). The standard InChI is InChI=1S/C10H20O2/c1-4-6-8-10(3,7-5-2)12-9-11/h9H,4-8H2,1-3H3. The third-order valence-corrected chi connectivity index (χ3v) is 2.17. The largest absolute Gasteiger partial charge is 0.462 e. The van der Waals surface area contributed by atoms with Gasteiger partial charge in [0.05, 0.1) is 0 Å². The fourth-order valence-electron chi connectivity index (χ4n) is 1.44. The van der Waals surface area contributed by atoms with Crippen molar-refractivity contribution in [1.82, 2.24) is 0 Å². The fourth-order valence-corrected chi connectivity index (χ4v) is 1.44. The molecule has 0 saturated heterocycles. The number of ether oxygens (including phenoxy) is 1. The topological polar surface area (TPSA) is 26.3 Å². The summed E-state index contributed by atoms with van der Waals surface area (Å²) in [7, 11) is 0. The molecule has 0 bridgehead atoms. The Bertz CT molecular complexity index is 123. The molecule has 0 heterocycles. The zero-order chi connectivity index (χ0) is 9.45. The molecule has 1 atom stereocenters. The summed E-state index contributed by atoms with van der Waals surface area (Å²) in [6.07, 6.45) is 5.29. The highest BCUT2D eigenvalue weighted by atomic mass is 16.5. The van der Waals surface area contributed by atoms with Crippen LogP contribution in [0.2, 0.25) is 0 Å². The van der Waals surface area contributed by atoms with Gasteiger partial charge in [-0.15, -0.1) is 0 Å². The molecule has 0 aromatic heterocycles. The second-order valence-electron chi connectivity index (χ2n) is 3.52. The van der Waals surface area contributed by atoms with E-state index >= 15 is 0 Å². The normalized spacial score (nSPS) is 15.2. The Morgan fingerprint density at radius 1 is 1.25 bits per heavy atom. The lowest BCUT2D eigenvalue weighted by atomic mass is 9.94. The molecule has 0 aromatic carbocycles. The van der Waals surface area contributed by atoms with E-state index in [-0.39, 0.29) is 5.60 Å². The van der Waals surface area contributed by atoms with E-state index in [1.54, 1.807) is 0 Å². The van der Waals surface area contributed by atoms with Crippen LogP contribution < -0.4 is 0 Å². The molecule has 72 valence electrons. The van der Waals surface area contributed by atoms with Crippen molar-refractivity contribution in [2.75, 3.05) is 0 Å². The Morgan fingerprint density at radius 3 is 2.33 bits per heavy atom. The molecule has 12 heavy (non-hydrogen) atoms. The number of carbonyl (C=O) groups excluding carboxylic acids is 1. The van der Waals surface area contributed by atoms with Crippen molar-refractivity contribution in [3.63, 3.8) is 0 Å².